The molecule has 110 valence electrons. The van der Waals surface area contributed by atoms with Crippen molar-refractivity contribution in [1.82, 2.24) is 14.5 Å². The molecule has 1 aliphatic heterocycles. The number of nitriles is 1. The molecule has 2 aromatic rings. The molecule has 9 nitrogen and oxygen atoms in total. The van der Waals surface area contributed by atoms with E-state index in [1.54, 1.807) is 0 Å². The lowest BCUT2D eigenvalue weighted by molar-refractivity contribution is -0.0508. The van der Waals surface area contributed by atoms with E-state index in [-0.39, 0.29) is 11.4 Å². The predicted molar refractivity (Wildman–Crippen MR) is 69.7 cm³/mol. The highest BCUT2D eigenvalue weighted by Crippen LogP contribution is 2.34. The third-order valence-corrected chi connectivity index (χ3v) is 3.55. The molecule has 3 rings (SSSR count). The first-order valence-corrected chi connectivity index (χ1v) is 6.22. The number of nitrogen functional groups attached to an aromatic ring is 1. The molecule has 0 spiro atoms. The number of aromatic nitrogens is 3. The zero-order valence-corrected chi connectivity index (χ0v) is 10.8. The molecule has 0 saturated carbocycles. The maximum atomic E-state index is 10.1. The maximum absolute atomic E-state index is 10.1. The zero-order chi connectivity index (χ0) is 15.1. The van der Waals surface area contributed by atoms with Gasteiger partial charge in [0.2, 0.25) is 0 Å². The van der Waals surface area contributed by atoms with Gasteiger partial charge in [0.25, 0.3) is 0 Å². The van der Waals surface area contributed by atoms with E-state index in [0.29, 0.717) is 11.0 Å². The van der Waals surface area contributed by atoms with Crippen LogP contribution in [0, 0.1) is 11.3 Å². The van der Waals surface area contributed by atoms with Gasteiger partial charge >= 0.3 is 0 Å². The Morgan fingerprint density at radius 2 is 2.14 bits per heavy atom. The molecule has 1 aliphatic rings. The van der Waals surface area contributed by atoms with E-state index < -0.39 is 31.1 Å². The van der Waals surface area contributed by atoms with Crippen molar-refractivity contribution < 1.29 is 20.1 Å². The number of nitrogens with two attached hydrogens (primary N) is 1. The van der Waals surface area contributed by atoms with Gasteiger partial charge in [0.1, 0.15) is 42.2 Å². The van der Waals surface area contributed by atoms with E-state index in [2.05, 4.69) is 9.97 Å². The number of hydrogen-bond acceptors (Lipinski definition) is 8. The Kier molecular flexibility index (Phi) is 3.23. The first-order chi connectivity index (χ1) is 10.1. The van der Waals surface area contributed by atoms with E-state index in [4.69, 9.17) is 20.8 Å². The second-order valence-corrected chi connectivity index (χ2v) is 4.75. The van der Waals surface area contributed by atoms with Gasteiger partial charge in [-0.25, -0.2) is 9.97 Å². The monoisotopic (exact) mass is 291 g/mol. The Morgan fingerprint density at radius 3 is 2.76 bits per heavy atom. The van der Waals surface area contributed by atoms with Crippen LogP contribution in [-0.4, -0.2) is 54.8 Å². The molecule has 21 heavy (non-hydrogen) atoms. The van der Waals surface area contributed by atoms with Gasteiger partial charge < -0.3 is 30.4 Å². The van der Waals surface area contributed by atoms with E-state index >= 15 is 0 Å². The minimum absolute atomic E-state index is 0.141. The maximum Gasteiger partial charge on any atom is 0.164 e. The lowest BCUT2D eigenvalue weighted by Crippen LogP contribution is -2.33. The number of aliphatic hydroxyl groups excluding tert-OH is 3. The average molecular weight is 291 g/mol. The average Bonchev–Trinajstić information content (AvgIpc) is 2.99. The number of aliphatic hydroxyl groups is 3. The summed E-state index contributed by atoms with van der Waals surface area (Å²) in [6.45, 7) is -0.434. The quantitative estimate of drug-likeness (QED) is 0.521. The van der Waals surface area contributed by atoms with Crippen LogP contribution in [0.3, 0.4) is 0 Å². The van der Waals surface area contributed by atoms with E-state index in [1.165, 1.54) is 17.1 Å². The summed E-state index contributed by atoms with van der Waals surface area (Å²) in [5.74, 6) is 0.141. The smallest absolute Gasteiger partial charge is 0.164 e. The Morgan fingerprint density at radius 1 is 1.38 bits per heavy atom. The number of fused-ring (bicyclic) bond motifs is 1. The highest BCUT2D eigenvalue weighted by atomic mass is 16.6. The highest BCUT2D eigenvalue weighted by molar-refractivity contribution is 5.91. The molecule has 0 aliphatic carbocycles. The molecule has 0 unspecified atom stereocenters. The van der Waals surface area contributed by atoms with Gasteiger partial charge in [-0.3, -0.25) is 0 Å². The first-order valence-electron chi connectivity index (χ1n) is 6.22. The minimum atomic E-state index is -1.26. The fourth-order valence-electron chi connectivity index (χ4n) is 2.50. The van der Waals surface area contributed by atoms with Crippen molar-refractivity contribution >= 4 is 16.9 Å². The van der Waals surface area contributed by atoms with Gasteiger partial charge in [-0.2, -0.15) is 5.26 Å². The van der Waals surface area contributed by atoms with Crippen LogP contribution in [0.25, 0.3) is 11.0 Å². The summed E-state index contributed by atoms with van der Waals surface area (Å²) in [4.78, 5) is 7.88. The Labute approximate surface area is 118 Å². The second kappa shape index (κ2) is 4.94. The molecule has 1 saturated heterocycles. The van der Waals surface area contributed by atoms with Gasteiger partial charge in [-0.15, -0.1) is 0 Å². The van der Waals surface area contributed by atoms with Crippen LogP contribution in [-0.2, 0) is 4.74 Å². The summed E-state index contributed by atoms with van der Waals surface area (Å²) >= 11 is 0. The molecule has 5 N–H and O–H groups in total. The number of ether oxygens (including phenoxy) is 1. The van der Waals surface area contributed by atoms with Crippen LogP contribution in [0.5, 0.6) is 0 Å². The number of hydrogen-bond donors (Lipinski definition) is 4. The van der Waals surface area contributed by atoms with Crippen LogP contribution in [0.1, 0.15) is 11.8 Å². The molecule has 0 radical (unpaired) electrons. The first kappa shape index (κ1) is 13.7. The number of nitrogens with zero attached hydrogens (tertiary/aromatic N) is 4. The van der Waals surface area contributed by atoms with E-state index in [1.807, 2.05) is 6.07 Å². The van der Waals surface area contributed by atoms with Gasteiger partial charge in [0.05, 0.1) is 17.6 Å². The standard InChI is InChI=1S/C12H13N5O4/c13-1-5-2-17(11-7(5)10(14)15-4-16-11)12-9(20)8(19)6(3-18)21-12/h2,4,6,8-9,12,18-20H,3H2,(H2,14,15,16)/t6-,8+,9+,12+/m1/s1. The van der Waals surface area contributed by atoms with Crippen LogP contribution in [0.2, 0.25) is 0 Å². The van der Waals surface area contributed by atoms with Crippen LogP contribution < -0.4 is 5.73 Å². The number of anilines is 1. The Balaban J connectivity index is 2.14. The summed E-state index contributed by atoms with van der Waals surface area (Å²) in [5.41, 5.74) is 6.30. The van der Waals surface area contributed by atoms with Crippen molar-refractivity contribution in [3.05, 3.63) is 18.1 Å². The van der Waals surface area contributed by atoms with Crippen molar-refractivity contribution in [2.24, 2.45) is 0 Å². The fourth-order valence-corrected chi connectivity index (χ4v) is 2.50. The predicted octanol–water partition coefficient (Wildman–Crippen LogP) is -1.50. The lowest BCUT2D eigenvalue weighted by Gasteiger charge is -2.17. The summed E-state index contributed by atoms with van der Waals surface area (Å²) in [6.07, 6.45) is -1.72. The van der Waals surface area contributed by atoms with Gasteiger partial charge in [-0.05, 0) is 0 Å². The van der Waals surface area contributed by atoms with Crippen molar-refractivity contribution in [3.8, 4) is 6.07 Å². The zero-order valence-electron chi connectivity index (χ0n) is 10.8. The molecule has 4 atom stereocenters. The minimum Gasteiger partial charge on any atom is -0.394 e. The molecule has 9 heteroatoms. The fraction of sp³-hybridized carbons (Fsp3) is 0.417. The van der Waals surface area contributed by atoms with Gasteiger partial charge in [0.15, 0.2) is 6.23 Å². The molecule has 3 heterocycles. The molecular weight excluding hydrogens is 278 g/mol. The second-order valence-electron chi connectivity index (χ2n) is 4.75. The topological polar surface area (TPSA) is 150 Å². The van der Waals surface area contributed by atoms with Crippen molar-refractivity contribution in [2.75, 3.05) is 12.3 Å². The largest absolute Gasteiger partial charge is 0.394 e. The van der Waals surface area contributed by atoms with Crippen molar-refractivity contribution in [3.63, 3.8) is 0 Å². The summed E-state index contributed by atoms with van der Waals surface area (Å²) in [6, 6.07) is 1.98. The van der Waals surface area contributed by atoms with Gasteiger partial charge in [0, 0.05) is 6.20 Å². The van der Waals surface area contributed by atoms with Crippen LogP contribution >= 0.6 is 0 Å². The molecular formula is C12H13N5O4. The SMILES string of the molecule is N#Cc1cn([C@H]2O[C@H](CO)[C@H](O)[C@@H]2O)c2ncnc(N)c12. The van der Waals surface area contributed by atoms with E-state index in [0.717, 1.165) is 0 Å². The third-order valence-electron chi connectivity index (χ3n) is 3.55. The molecule has 1 fully saturated rings. The Bertz CT molecular complexity index is 724. The Hall–Kier alpha value is -2.25. The van der Waals surface area contributed by atoms with Gasteiger partial charge in [-0.1, -0.05) is 0 Å². The van der Waals surface area contributed by atoms with Crippen molar-refractivity contribution in [2.45, 2.75) is 24.5 Å². The van der Waals surface area contributed by atoms with Crippen molar-refractivity contribution in [1.29, 1.82) is 5.26 Å². The summed E-state index contributed by atoms with van der Waals surface area (Å²) < 4.78 is 6.84. The summed E-state index contributed by atoms with van der Waals surface area (Å²) in [5, 5.41) is 38.5. The molecule has 0 amide bonds. The summed E-state index contributed by atoms with van der Waals surface area (Å²) in [7, 11) is 0. The van der Waals surface area contributed by atoms with Crippen LogP contribution in [0.15, 0.2) is 12.5 Å². The third kappa shape index (κ3) is 1.93. The molecule has 0 bridgehead atoms. The van der Waals surface area contributed by atoms with E-state index in [9.17, 15) is 10.2 Å². The molecule has 0 aromatic carbocycles. The lowest BCUT2D eigenvalue weighted by atomic mass is 10.1. The number of rotatable bonds is 2. The normalized spacial score (nSPS) is 28.9. The molecule has 2 aromatic heterocycles. The van der Waals surface area contributed by atoms with Crippen LogP contribution in [0.4, 0.5) is 5.82 Å². The highest BCUT2D eigenvalue weighted by Gasteiger charge is 2.44.